The Kier molecular flexibility index (Phi) is 7.46. The molecule has 200 valence electrons. The Morgan fingerprint density at radius 2 is 1.49 bits per heavy atom. The Labute approximate surface area is 230 Å². The van der Waals surface area contributed by atoms with Crippen molar-refractivity contribution in [2.24, 2.45) is 4.99 Å². The number of hydrogen-bond donors (Lipinski definition) is 2. The molecule has 39 heavy (non-hydrogen) atoms. The lowest BCUT2D eigenvalue weighted by Crippen LogP contribution is -2.35. The predicted molar refractivity (Wildman–Crippen MR) is 157 cm³/mol. The van der Waals surface area contributed by atoms with Crippen molar-refractivity contribution >= 4 is 28.2 Å². The van der Waals surface area contributed by atoms with Crippen LogP contribution in [0.2, 0.25) is 0 Å². The van der Waals surface area contributed by atoms with E-state index in [9.17, 15) is 9.90 Å². The Hall–Kier alpha value is -3.90. The maximum atomic E-state index is 13.3. The molecule has 1 aromatic heterocycles. The summed E-state index contributed by atoms with van der Waals surface area (Å²) in [5, 5.41) is 11.9. The number of nitrogens with one attached hydrogen (secondary N) is 1. The molecule has 6 rings (SSSR count). The second-order valence-electron chi connectivity index (χ2n) is 10.8. The highest BCUT2D eigenvalue weighted by molar-refractivity contribution is 6.22. The molecule has 0 aliphatic carbocycles. The van der Waals surface area contributed by atoms with Crippen molar-refractivity contribution in [3.63, 3.8) is 0 Å². The van der Waals surface area contributed by atoms with Gasteiger partial charge >= 0.3 is 0 Å². The van der Waals surface area contributed by atoms with E-state index in [0.29, 0.717) is 16.8 Å². The van der Waals surface area contributed by atoms with Crippen molar-refractivity contribution in [1.82, 2.24) is 14.8 Å². The summed E-state index contributed by atoms with van der Waals surface area (Å²) in [6, 6.07) is 24.0. The molecule has 3 heterocycles. The second kappa shape index (κ2) is 11.5. The zero-order valence-electron chi connectivity index (χ0n) is 22.4. The van der Waals surface area contributed by atoms with Gasteiger partial charge in [-0.2, -0.15) is 0 Å². The van der Waals surface area contributed by atoms with E-state index >= 15 is 0 Å². The van der Waals surface area contributed by atoms with Crippen LogP contribution in [0.5, 0.6) is 5.88 Å². The number of likely N-dealkylation sites (tertiary alicyclic amines) is 2. The van der Waals surface area contributed by atoms with Crippen molar-refractivity contribution in [3.8, 4) is 5.88 Å². The molecule has 0 radical (unpaired) electrons. The number of aliphatic imine (C=N–C) groups is 1. The van der Waals surface area contributed by atoms with Crippen LogP contribution in [0.1, 0.15) is 65.6 Å². The number of benzene rings is 3. The third-order valence-electron chi connectivity index (χ3n) is 7.99. The first kappa shape index (κ1) is 25.4. The van der Waals surface area contributed by atoms with E-state index in [1.807, 2.05) is 53.4 Å². The normalized spacial score (nSPS) is 17.0. The summed E-state index contributed by atoms with van der Waals surface area (Å²) in [6.07, 6.45) is 7.16. The number of fused-ring (bicyclic) bond motifs is 1. The van der Waals surface area contributed by atoms with Crippen LogP contribution < -0.4 is 0 Å². The van der Waals surface area contributed by atoms with E-state index < -0.39 is 0 Å². The van der Waals surface area contributed by atoms with Crippen molar-refractivity contribution in [2.45, 2.75) is 45.1 Å². The molecular weight excluding hydrogens is 484 g/mol. The first-order valence-electron chi connectivity index (χ1n) is 14.3. The Morgan fingerprint density at radius 3 is 2.21 bits per heavy atom. The van der Waals surface area contributed by atoms with Crippen LogP contribution in [-0.4, -0.2) is 57.7 Å². The molecule has 4 aromatic rings. The lowest BCUT2D eigenvalue weighted by atomic mass is 9.99. The molecule has 0 unspecified atom stereocenters. The van der Waals surface area contributed by atoms with Gasteiger partial charge in [0.1, 0.15) is 0 Å². The molecule has 0 saturated carbocycles. The van der Waals surface area contributed by atoms with Crippen LogP contribution in [0, 0.1) is 0 Å². The van der Waals surface area contributed by atoms with Gasteiger partial charge in [-0.3, -0.25) is 9.69 Å². The zero-order chi connectivity index (χ0) is 26.6. The number of aromatic nitrogens is 1. The summed E-state index contributed by atoms with van der Waals surface area (Å²) in [4.78, 5) is 25.9. The molecule has 2 saturated heterocycles. The van der Waals surface area contributed by atoms with E-state index in [1.54, 1.807) is 0 Å². The van der Waals surface area contributed by atoms with Crippen LogP contribution in [0.15, 0.2) is 77.8 Å². The third-order valence-corrected chi connectivity index (χ3v) is 7.99. The third kappa shape index (κ3) is 5.62. The number of aromatic hydroxyl groups is 1. The average molecular weight is 521 g/mol. The maximum Gasteiger partial charge on any atom is 0.253 e. The number of hydrogen-bond acceptors (Lipinski definition) is 4. The van der Waals surface area contributed by atoms with Gasteiger partial charge in [-0.05, 0) is 81.1 Å². The second-order valence-corrected chi connectivity index (χ2v) is 10.8. The molecule has 0 spiro atoms. The number of carbonyl (C=O) groups excluding carboxylic acids is 1. The number of nitrogens with zero attached hydrogens (tertiary/aromatic N) is 3. The molecule has 1 amide bonds. The Balaban J connectivity index is 1.37. The van der Waals surface area contributed by atoms with Crippen LogP contribution in [0.25, 0.3) is 10.9 Å². The minimum Gasteiger partial charge on any atom is -0.494 e. The smallest absolute Gasteiger partial charge is 0.253 e. The SMILES string of the molecule is O=C(c1ccc2[nH]c(O)c(C(=Nc3ccc(CN4CCCCC4)cc3)c3ccccc3)c2c1)N1CCCCC1. The maximum absolute atomic E-state index is 13.3. The number of piperidine rings is 2. The van der Waals surface area contributed by atoms with Gasteiger partial charge in [-0.15, -0.1) is 0 Å². The van der Waals surface area contributed by atoms with Gasteiger partial charge in [0.2, 0.25) is 0 Å². The Morgan fingerprint density at radius 1 is 0.795 bits per heavy atom. The minimum absolute atomic E-state index is 0.0470. The molecule has 2 N–H and O–H groups in total. The highest BCUT2D eigenvalue weighted by Crippen LogP contribution is 2.33. The summed E-state index contributed by atoms with van der Waals surface area (Å²) in [7, 11) is 0. The number of carbonyl (C=O) groups is 1. The quantitative estimate of drug-likeness (QED) is 0.280. The fraction of sp³-hybridized carbons (Fsp3) is 0.333. The number of amides is 1. The molecule has 0 bridgehead atoms. The minimum atomic E-state index is 0.0470. The van der Waals surface area contributed by atoms with Crippen molar-refractivity contribution in [3.05, 3.63) is 95.1 Å². The number of rotatable bonds is 6. The van der Waals surface area contributed by atoms with Gasteiger partial charge in [0.25, 0.3) is 5.91 Å². The van der Waals surface area contributed by atoms with Crippen molar-refractivity contribution < 1.29 is 9.90 Å². The summed E-state index contributed by atoms with van der Waals surface area (Å²) in [5.41, 5.74) is 5.71. The first-order chi connectivity index (χ1) is 19.2. The van der Waals surface area contributed by atoms with Crippen LogP contribution >= 0.6 is 0 Å². The Bertz CT molecular complexity index is 1460. The average Bonchev–Trinajstić information content (AvgIpc) is 3.32. The van der Waals surface area contributed by atoms with Gasteiger partial charge in [-0.1, -0.05) is 48.9 Å². The van der Waals surface area contributed by atoms with Crippen molar-refractivity contribution in [1.29, 1.82) is 0 Å². The van der Waals surface area contributed by atoms with E-state index in [1.165, 1.54) is 44.3 Å². The van der Waals surface area contributed by atoms with E-state index in [0.717, 1.165) is 54.6 Å². The highest BCUT2D eigenvalue weighted by atomic mass is 16.3. The number of aromatic amines is 1. The van der Waals surface area contributed by atoms with E-state index in [4.69, 9.17) is 4.99 Å². The van der Waals surface area contributed by atoms with Crippen LogP contribution in [-0.2, 0) is 6.54 Å². The molecular formula is C33H36N4O2. The first-order valence-corrected chi connectivity index (χ1v) is 14.3. The lowest BCUT2D eigenvalue weighted by Gasteiger charge is -2.26. The summed E-state index contributed by atoms with van der Waals surface area (Å²) in [6.45, 7) is 4.89. The topological polar surface area (TPSA) is 71.9 Å². The largest absolute Gasteiger partial charge is 0.494 e. The summed E-state index contributed by atoms with van der Waals surface area (Å²) < 4.78 is 0. The van der Waals surface area contributed by atoms with Gasteiger partial charge < -0.3 is 15.0 Å². The van der Waals surface area contributed by atoms with Crippen molar-refractivity contribution in [2.75, 3.05) is 26.2 Å². The molecule has 2 fully saturated rings. The molecule has 2 aliphatic rings. The molecule has 3 aromatic carbocycles. The van der Waals surface area contributed by atoms with Gasteiger partial charge in [-0.25, -0.2) is 4.99 Å². The van der Waals surface area contributed by atoms with Gasteiger partial charge in [0.15, 0.2) is 5.88 Å². The fourth-order valence-corrected chi connectivity index (χ4v) is 5.87. The van der Waals surface area contributed by atoms with E-state index in [-0.39, 0.29) is 11.8 Å². The monoisotopic (exact) mass is 520 g/mol. The van der Waals surface area contributed by atoms with Gasteiger partial charge in [0, 0.05) is 41.7 Å². The predicted octanol–water partition coefficient (Wildman–Crippen LogP) is 6.65. The summed E-state index contributed by atoms with van der Waals surface area (Å²) >= 11 is 0. The molecule has 6 heteroatoms. The van der Waals surface area contributed by atoms with Crippen LogP contribution in [0.3, 0.4) is 0 Å². The van der Waals surface area contributed by atoms with Crippen LogP contribution in [0.4, 0.5) is 5.69 Å². The molecule has 6 nitrogen and oxygen atoms in total. The number of H-pyrrole nitrogens is 1. The van der Waals surface area contributed by atoms with E-state index in [2.05, 4.69) is 34.1 Å². The molecule has 2 aliphatic heterocycles. The summed E-state index contributed by atoms with van der Waals surface area (Å²) in [5.74, 6) is 0.0997. The lowest BCUT2D eigenvalue weighted by molar-refractivity contribution is 0.0724. The molecule has 0 atom stereocenters. The van der Waals surface area contributed by atoms with Gasteiger partial charge in [0.05, 0.1) is 17.0 Å². The zero-order valence-corrected chi connectivity index (χ0v) is 22.4. The highest BCUT2D eigenvalue weighted by Gasteiger charge is 2.22. The fourth-order valence-electron chi connectivity index (χ4n) is 5.87. The standard InChI is InChI=1S/C33H36N4O2/c38-32-30(28-22-26(14-17-29(28)35-32)33(39)37-20-8-3-9-21-37)31(25-10-4-1-5-11-25)34-27-15-12-24(13-16-27)23-36-18-6-2-7-19-36/h1,4-5,10-17,22,35,38H,2-3,6-9,18-21,23H2.